The molecule has 2 atom stereocenters. The van der Waals surface area contributed by atoms with Gasteiger partial charge in [-0.15, -0.1) is 23.1 Å². The SMILES string of the molecule is Cc1cccc(NC2C[C@H](C)Sc3sccc32)c1. The molecule has 18 heavy (non-hydrogen) atoms. The maximum Gasteiger partial charge on any atom is 0.0653 e. The van der Waals surface area contributed by atoms with E-state index in [4.69, 9.17) is 0 Å². The van der Waals surface area contributed by atoms with Crippen LogP contribution >= 0.6 is 23.1 Å². The molecule has 3 heteroatoms. The Bertz CT molecular complexity index is 547. The third-order valence-corrected chi connectivity index (χ3v) is 5.61. The average molecular weight is 275 g/mol. The molecule has 0 radical (unpaired) electrons. The Balaban J connectivity index is 1.86. The van der Waals surface area contributed by atoms with E-state index in [2.05, 4.69) is 54.9 Å². The van der Waals surface area contributed by atoms with Gasteiger partial charge in [-0.25, -0.2) is 0 Å². The van der Waals surface area contributed by atoms with Crippen LogP contribution in [-0.2, 0) is 0 Å². The number of hydrogen-bond acceptors (Lipinski definition) is 3. The first-order chi connectivity index (χ1) is 8.72. The van der Waals surface area contributed by atoms with Crippen molar-refractivity contribution in [1.29, 1.82) is 0 Å². The van der Waals surface area contributed by atoms with Gasteiger partial charge in [0.15, 0.2) is 0 Å². The second kappa shape index (κ2) is 4.98. The molecule has 1 aromatic carbocycles. The van der Waals surface area contributed by atoms with E-state index in [1.165, 1.54) is 27.4 Å². The normalized spacial score (nSPS) is 22.6. The molecule has 1 aliphatic heterocycles. The van der Waals surface area contributed by atoms with Crippen LogP contribution in [0.1, 0.15) is 30.5 Å². The predicted molar refractivity (Wildman–Crippen MR) is 81.8 cm³/mol. The molecule has 3 rings (SSSR count). The van der Waals surface area contributed by atoms with E-state index < -0.39 is 0 Å². The van der Waals surface area contributed by atoms with Crippen LogP contribution in [0.2, 0.25) is 0 Å². The van der Waals surface area contributed by atoms with Crippen molar-refractivity contribution in [2.75, 3.05) is 5.32 Å². The van der Waals surface area contributed by atoms with Crippen molar-refractivity contribution in [2.24, 2.45) is 0 Å². The van der Waals surface area contributed by atoms with Gasteiger partial charge in [0.1, 0.15) is 0 Å². The highest BCUT2D eigenvalue weighted by Crippen LogP contribution is 2.44. The van der Waals surface area contributed by atoms with Gasteiger partial charge in [-0.2, -0.15) is 0 Å². The first-order valence-electron chi connectivity index (χ1n) is 6.29. The lowest BCUT2D eigenvalue weighted by Gasteiger charge is -2.28. The van der Waals surface area contributed by atoms with Crippen LogP contribution < -0.4 is 5.32 Å². The number of aryl methyl sites for hydroxylation is 1. The molecule has 0 spiro atoms. The standard InChI is InChI=1S/C15H17NS2/c1-10-4-3-5-12(8-10)16-14-9-11(2)18-15-13(14)6-7-17-15/h3-8,11,14,16H,9H2,1-2H3/t11-,14?/m0/s1. The molecule has 0 bridgehead atoms. The molecule has 0 aliphatic carbocycles. The Hall–Kier alpha value is -0.930. The number of thioether (sulfide) groups is 1. The molecule has 1 nitrogen and oxygen atoms in total. The molecule has 0 saturated carbocycles. The fourth-order valence-corrected chi connectivity index (χ4v) is 4.99. The number of hydrogen-bond donors (Lipinski definition) is 1. The second-order valence-corrected chi connectivity index (χ2v) is 7.52. The molecule has 1 aromatic heterocycles. The minimum absolute atomic E-state index is 0.462. The molecule has 0 fully saturated rings. The Morgan fingerprint density at radius 3 is 3.00 bits per heavy atom. The van der Waals surface area contributed by atoms with Crippen LogP contribution in [0.3, 0.4) is 0 Å². The lowest BCUT2D eigenvalue weighted by atomic mass is 10.0. The summed E-state index contributed by atoms with van der Waals surface area (Å²) >= 11 is 3.88. The summed E-state index contributed by atoms with van der Waals surface area (Å²) in [4.78, 5) is 0. The number of thiophene rings is 1. The van der Waals surface area contributed by atoms with Crippen molar-refractivity contribution in [3.63, 3.8) is 0 Å². The van der Waals surface area contributed by atoms with Crippen molar-refractivity contribution < 1.29 is 0 Å². The van der Waals surface area contributed by atoms with Crippen molar-refractivity contribution in [3.8, 4) is 0 Å². The summed E-state index contributed by atoms with van der Waals surface area (Å²) in [5.74, 6) is 0. The summed E-state index contributed by atoms with van der Waals surface area (Å²) in [6, 6.07) is 11.4. The van der Waals surface area contributed by atoms with Gasteiger partial charge in [0, 0.05) is 10.9 Å². The lowest BCUT2D eigenvalue weighted by Crippen LogP contribution is -2.18. The van der Waals surface area contributed by atoms with E-state index in [0.29, 0.717) is 11.3 Å². The van der Waals surface area contributed by atoms with Gasteiger partial charge in [0.25, 0.3) is 0 Å². The zero-order chi connectivity index (χ0) is 12.5. The molecule has 0 amide bonds. The monoisotopic (exact) mass is 275 g/mol. The molecular formula is C15H17NS2. The van der Waals surface area contributed by atoms with Crippen molar-refractivity contribution in [3.05, 3.63) is 46.8 Å². The summed E-state index contributed by atoms with van der Waals surface area (Å²) in [6.45, 7) is 4.46. The summed E-state index contributed by atoms with van der Waals surface area (Å²) in [7, 11) is 0. The van der Waals surface area contributed by atoms with E-state index in [0.717, 1.165) is 0 Å². The van der Waals surface area contributed by atoms with Crippen LogP contribution in [-0.4, -0.2) is 5.25 Å². The fraction of sp³-hybridized carbons (Fsp3) is 0.333. The van der Waals surface area contributed by atoms with Crippen molar-refractivity contribution >= 4 is 28.8 Å². The van der Waals surface area contributed by atoms with Crippen LogP contribution in [0.5, 0.6) is 0 Å². The van der Waals surface area contributed by atoms with Gasteiger partial charge in [-0.3, -0.25) is 0 Å². The highest BCUT2D eigenvalue weighted by atomic mass is 32.2. The maximum atomic E-state index is 3.69. The predicted octanol–water partition coefficient (Wildman–Crippen LogP) is 5.09. The molecule has 2 aromatic rings. The summed E-state index contributed by atoms with van der Waals surface area (Å²) in [6.07, 6.45) is 1.20. The lowest BCUT2D eigenvalue weighted by molar-refractivity contribution is 0.670. The number of rotatable bonds is 2. The van der Waals surface area contributed by atoms with Crippen LogP contribution in [0.25, 0.3) is 0 Å². The van der Waals surface area contributed by atoms with E-state index in [1.54, 1.807) is 0 Å². The highest BCUT2D eigenvalue weighted by molar-refractivity contribution is 8.01. The topological polar surface area (TPSA) is 12.0 Å². The van der Waals surface area contributed by atoms with Gasteiger partial charge < -0.3 is 5.32 Å². The molecule has 94 valence electrons. The van der Waals surface area contributed by atoms with E-state index in [1.807, 2.05) is 23.1 Å². The minimum Gasteiger partial charge on any atom is -0.378 e. The minimum atomic E-state index is 0.462. The number of nitrogens with one attached hydrogen (secondary N) is 1. The third kappa shape index (κ3) is 2.43. The van der Waals surface area contributed by atoms with Gasteiger partial charge in [0.2, 0.25) is 0 Å². The van der Waals surface area contributed by atoms with Crippen LogP contribution in [0, 0.1) is 6.92 Å². The zero-order valence-corrected chi connectivity index (χ0v) is 12.3. The quantitative estimate of drug-likeness (QED) is 0.819. The van der Waals surface area contributed by atoms with Crippen LogP contribution in [0.15, 0.2) is 39.9 Å². The molecule has 1 N–H and O–H groups in total. The third-order valence-electron chi connectivity index (χ3n) is 3.27. The van der Waals surface area contributed by atoms with Gasteiger partial charge in [-0.1, -0.05) is 19.1 Å². The zero-order valence-electron chi connectivity index (χ0n) is 10.6. The Morgan fingerprint density at radius 2 is 2.17 bits per heavy atom. The van der Waals surface area contributed by atoms with Gasteiger partial charge in [0.05, 0.1) is 10.3 Å². The largest absolute Gasteiger partial charge is 0.378 e. The summed E-state index contributed by atoms with van der Waals surface area (Å²) in [5, 5.41) is 6.59. The van der Waals surface area contributed by atoms with E-state index >= 15 is 0 Å². The molecule has 0 saturated heterocycles. The Kier molecular flexibility index (Phi) is 3.35. The van der Waals surface area contributed by atoms with Gasteiger partial charge in [-0.05, 0) is 48.1 Å². The van der Waals surface area contributed by atoms with Crippen LogP contribution in [0.4, 0.5) is 5.69 Å². The fourth-order valence-electron chi connectivity index (χ4n) is 2.42. The second-order valence-electron chi connectivity index (χ2n) is 4.89. The Labute approximate surface area is 117 Å². The molecule has 1 aliphatic rings. The summed E-state index contributed by atoms with van der Waals surface area (Å²) in [5.41, 5.74) is 4.02. The molecular weight excluding hydrogens is 258 g/mol. The highest BCUT2D eigenvalue weighted by Gasteiger charge is 2.26. The molecule has 1 unspecified atom stereocenters. The van der Waals surface area contributed by atoms with Crippen molar-refractivity contribution in [2.45, 2.75) is 35.8 Å². The number of anilines is 1. The average Bonchev–Trinajstić information content (AvgIpc) is 2.77. The Morgan fingerprint density at radius 1 is 1.28 bits per heavy atom. The smallest absolute Gasteiger partial charge is 0.0653 e. The van der Waals surface area contributed by atoms with Gasteiger partial charge >= 0.3 is 0 Å². The number of benzene rings is 1. The summed E-state index contributed by atoms with van der Waals surface area (Å²) < 4.78 is 1.49. The first-order valence-corrected chi connectivity index (χ1v) is 8.05. The van der Waals surface area contributed by atoms with E-state index in [9.17, 15) is 0 Å². The molecule has 2 heterocycles. The van der Waals surface area contributed by atoms with Crippen molar-refractivity contribution in [1.82, 2.24) is 0 Å². The maximum absolute atomic E-state index is 3.69. The van der Waals surface area contributed by atoms with E-state index in [-0.39, 0.29) is 0 Å². The first kappa shape index (κ1) is 12.1. The number of fused-ring (bicyclic) bond motifs is 1.